The lowest BCUT2D eigenvalue weighted by atomic mass is 9.90. The highest BCUT2D eigenvalue weighted by Gasteiger charge is 2.15. The maximum atomic E-state index is 8.84. The van der Waals surface area contributed by atoms with Crippen LogP contribution in [0, 0.1) is 16.7 Å². The number of nitriles is 1. The lowest BCUT2D eigenvalue weighted by Gasteiger charge is -2.13. The van der Waals surface area contributed by atoms with Crippen molar-refractivity contribution in [2.24, 2.45) is 12.5 Å². The standard InChI is InChI=1S/C11H17N3S/c1-11(2,9-12)5-4-6-15-10-7-13-14(3)8-10/h7-8H,4-6H2,1-3H3. The number of aromatic nitrogens is 2. The van der Waals surface area contributed by atoms with E-state index in [9.17, 15) is 0 Å². The molecule has 1 aromatic rings. The summed E-state index contributed by atoms with van der Waals surface area (Å²) in [6.45, 7) is 3.98. The highest BCUT2D eigenvalue weighted by molar-refractivity contribution is 7.99. The van der Waals surface area contributed by atoms with Crippen LogP contribution in [0.1, 0.15) is 26.7 Å². The summed E-state index contributed by atoms with van der Waals surface area (Å²) in [5, 5.41) is 12.9. The molecule has 0 amide bonds. The first-order chi connectivity index (χ1) is 7.03. The maximum absolute atomic E-state index is 8.84. The van der Waals surface area contributed by atoms with Crippen molar-refractivity contribution in [2.75, 3.05) is 5.75 Å². The van der Waals surface area contributed by atoms with Gasteiger partial charge in [-0.05, 0) is 32.4 Å². The summed E-state index contributed by atoms with van der Waals surface area (Å²) in [7, 11) is 1.92. The van der Waals surface area contributed by atoms with Crippen molar-refractivity contribution in [1.29, 1.82) is 5.26 Å². The highest BCUT2D eigenvalue weighted by atomic mass is 32.2. The molecule has 15 heavy (non-hydrogen) atoms. The molecule has 0 aliphatic carbocycles. The van der Waals surface area contributed by atoms with Gasteiger partial charge in [-0.2, -0.15) is 10.4 Å². The third-order valence-corrected chi connectivity index (χ3v) is 3.24. The van der Waals surface area contributed by atoms with E-state index in [1.54, 1.807) is 11.8 Å². The first-order valence-corrected chi connectivity index (χ1v) is 6.05. The Labute approximate surface area is 95.5 Å². The minimum absolute atomic E-state index is 0.185. The van der Waals surface area contributed by atoms with Gasteiger partial charge in [-0.1, -0.05) is 0 Å². The fourth-order valence-electron chi connectivity index (χ4n) is 1.23. The average Bonchev–Trinajstić information content (AvgIpc) is 2.59. The monoisotopic (exact) mass is 223 g/mol. The number of hydrogen-bond donors (Lipinski definition) is 0. The first kappa shape index (κ1) is 12.1. The Balaban J connectivity index is 2.21. The second-order valence-corrected chi connectivity index (χ2v) is 5.47. The Morgan fingerprint density at radius 2 is 2.33 bits per heavy atom. The Bertz CT molecular complexity index is 349. The summed E-state index contributed by atoms with van der Waals surface area (Å²) in [4.78, 5) is 1.20. The smallest absolute Gasteiger partial charge is 0.0683 e. The van der Waals surface area contributed by atoms with Crippen LogP contribution in [0.4, 0.5) is 0 Å². The summed E-state index contributed by atoms with van der Waals surface area (Å²) in [5.41, 5.74) is -0.185. The molecule has 0 saturated carbocycles. The lowest BCUT2D eigenvalue weighted by Crippen LogP contribution is -2.07. The number of rotatable bonds is 5. The van der Waals surface area contributed by atoms with Gasteiger partial charge in [0, 0.05) is 18.1 Å². The minimum atomic E-state index is -0.185. The van der Waals surface area contributed by atoms with Crippen LogP contribution in [0.5, 0.6) is 0 Å². The maximum Gasteiger partial charge on any atom is 0.0683 e. The van der Waals surface area contributed by atoms with Crippen LogP contribution in [0.15, 0.2) is 17.3 Å². The Morgan fingerprint density at radius 1 is 1.60 bits per heavy atom. The predicted octanol–water partition coefficient (Wildman–Crippen LogP) is 2.84. The van der Waals surface area contributed by atoms with Crippen molar-refractivity contribution in [3.8, 4) is 6.07 Å². The summed E-state index contributed by atoms with van der Waals surface area (Å²) >= 11 is 1.80. The Kier molecular flexibility index (Phi) is 4.22. The molecule has 1 aromatic heterocycles. The van der Waals surface area contributed by atoms with Crippen molar-refractivity contribution in [1.82, 2.24) is 9.78 Å². The van der Waals surface area contributed by atoms with Crippen molar-refractivity contribution < 1.29 is 0 Å². The number of nitrogens with zero attached hydrogens (tertiary/aromatic N) is 3. The molecule has 0 aliphatic heterocycles. The van der Waals surface area contributed by atoms with E-state index in [0.29, 0.717) is 0 Å². The molecule has 82 valence electrons. The van der Waals surface area contributed by atoms with E-state index >= 15 is 0 Å². The third kappa shape index (κ3) is 4.39. The van der Waals surface area contributed by atoms with E-state index in [-0.39, 0.29) is 5.41 Å². The zero-order valence-electron chi connectivity index (χ0n) is 9.53. The van der Waals surface area contributed by atoms with Gasteiger partial charge in [-0.15, -0.1) is 11.8 Å². The molecular formula is C11H17N3S. The van der Waals surface area contributed by atoms with E-state index in [4.69, 9.17) is 5.26 Å². The number of hydrogen-bond acceptors (Lipinski definition) is 3. The Hall–Kier alpha value is -0.950. The zero-order chi connectivity index (χ0) is 11.3. The van der Waals surface area contributed by atoms with Crippen LogP contribution in [-0.2, 0) is 7.05 Å². The molecule has 4 heteroatoms. The summed E-state index contributed by atoms with van der Waals surface area (Å²) in [6.07, 6.45) is 5.91. The van der Waals surface area contributed by atoms with Crippen molar-refractivity contribution >= 4 is 11.8 Å². The van der Waals surface area contributed by atoms with Crippen LogP contribution < -0.4 is 0 Å². The molecule has 0 saturated heterocycles. The molecule has 0 fully saturated rings. The van der Waals surface area contributed by atoms with Gasteiger partial charge in [-0.25, -0.2) is 0 Å². The van der Waals surface area contributed by atoms with E-state index in [1.165, 1.54) is 4.90 Å². The molecule has 1 heterocycles. The van der Waals surface area contributed by atoms with Crippen LogP contribution in [0.3, 0.4) is 0 Å². The van der Waals surface area contributed by atoms with Crippen LogP contribution in [0.2, 0.25) is 0 Å². The molecule has 0 bridgehead atoms. The van der Waals surface area contributed by atoms with Crippen molar-refractivity contribution in [3.05, 3.63) is 12.4 Å². The molecule has 0 spiro atoms. The SMILES string of the molecule is Cn1cc(SCCCC(C)(C)C#N)cn1. The van der Waals surface area contributed by atoms with Gasteiger partial charge in [0.05, 0.1) is 17.7 Å². The third-order valence-electron chi connectivity index (χ3n) is 2.20. The molecule has 0 aliphatic rings. The molecular weight excluding hydrogens is 206 g/mol. The first-order valence-electron chi connectivity index (χ1n) is 5.06. The largest absolute Gasteiger partial charge is 0.275 e. The second-order valence-electron chi connectivity index (χ2n) is 4.30. The van der Waals surface area contributed by atoms with Crippen molar-refractivity contribution in [3.63, 3.8) is 0 Å². The average molecular weight is 223 g/mol. The summed E-state index contributed by atoms with van der Waals surface area (Å²) in [5.74, 6) is 1.05. The topological polar surface area (TPSA) is 41.6 Å². The van der Waals surface area contributed by atoms with E-state index in [2.05, 4.69) is 11.2 Å². The van der Waals surface area contributed by atoms with Crippen molar-refractivity contribution in [2.45, 2.75) is 31.6 Å². The van der Waals surface area contributed by atoms with E-state index in [1.807, 2.05) is 38.0 Å². The Morgan fingerprint density at radius 3 is 2.87 bits per heavy atom. The normalized spacial score (nSPS) is 11.3. The molecule has 0 unspecified atom stereocenters. The lowest BCUT2D eigenvalue weighted by molar-refractivity contribution is 0.448. The summed E-state index contributed by atoms with van der Waals surface area (Å²) in [6, 6.07) is 2.32. The van der Waals surface area contributed by atoms with Gasteiger partial charge in [-0.3, -0.25) is 4.68 Å². The number of thioether (sulfide) groups is 1. The second kappa shape index (κ2) is 5.22. The minimum Gasteiger partial charge on any atom is -0.275 e. The van der Waals surface area contributed by atoms with Gasteiger partial charge in [0.15, 0.2) is 0 Å². The van der Waals surface area contributed by atoms with Gasteiger partial charge in [0.2, 0.25) is 0 Å². The zero-order valence-corrected chi connectivity index (χ0v) is 10.3. The van der Waals surface area contributed by atoms with Gasteiger partial charge in [0.1, 0.15) is 0 Å². The van der Waals surface area contributed by atoms with E-state index < -0.39 is 0 Å². The fourth-order valence-corrected chi connectivity index (χ4v) is 2.11. The molecule has 0 aromatic carbocycles. The molecule has 0 N–H and O–H groups in total. The van der Waals surface area contributed by atoms with Crippen LogP contribution in [-0.4, -0.2) is 15.5 Å². The molecule has 3 nitrogen and oxygen atoms in total. The number of aryl methyl sites for hydroxylation is 1. The predicted molar refractivity (Wildman–Crippen MR) is 62.6 cm³/mol. The highest BCUT2D eigenvalue weighted by Crippen LogP contribution is 2.24. The van der Waals surface area contributed by atoms with Gasteiger partial charge in [0.25, 0.3) is 0 Å². The summed E-state index contributed by atoms with van der Waals surface area (Å²) < 4.78 is 1.81. The molecule has 0 radical (unpaired) electrons. The fraction of sp³-hybridized carbons (Fsp3) is 0.636. The molecule has 0 atom stereocenters. The van der Waals surface area contributed by atoms with Crippen LogP contribution in [0.25, 0.3) is 0 Å². The van der Waals surface area contributed by atoms with Crippen LogP contribution >= 0.6 is 11.8 Å². The quantitative estimate of drug-likeness (QED) is 0.569. The van der Waals surface area contributed by atoms with Gasteiger partial charge >= 0.3 is 0 Å². The van der Waals surface area contributed by atoms with E-state index in [0.717, 1.165) is 18.6 Å². The van der Waals surface area contributed by atoms with Gasteiger partial charge < -0.3 is 0 Å². The molecule has 1 rings (SSSR count).